The Morgan fingerprint density at radius 1 is 1.20 bits per heavy atom. The molecule has 1 amide bonds. The second-order valence-corrected chi connectivity index (χ2v) is 5.31. The highest BCUT2D eigenvalue weighted by Gasteiger charge is 2.15. The quantitative estimate of drug-likeness (QED) is 0.794. The summed E-state index contributed by atoms with van der Waals surface area (Å²) in [5.41, 5.74) is 1.27. The van der Waals surface area contributed by atoms with E-state index in [4.69, 9.17) is 5.11 Å². The van der Waals surface area contributed by atoms with Crippen molar-refractivity contribution in [2.75, 3.05) is 13.6 Å². The Balaban J connectivity index is 2.26. The van der Waals surface area contributed by atoms with Crippen molar-refractivity contribution in [1.82, 2.24) is 4.90 Å². The van der Waals surface area contributed by atoms with Gasteiger partial charge in [-0.2, -0.15) is 0 Å². The van der Waals surface area contributed by atoms with Crippen LogP contribution in [0.3, 0.4) is 0 Å². The van der Waals surface area contributed by atoms with E-state index in [2.05, 4.69) is 12.1 Å². The molecule has 1 N–H and O–H groups in total. The van der Waals surface area contributed by atoms with E-state index in [0.717, 1.165) is 12.8 Å². The van der Waals surface area contributed by atoms with Crippen molar-refractivity contribution in [3.05, 3.63) is 35.9 Å². The van der Waals surface area contributed by atoms with Crippen LogP contribution in [0.2, 0.25) is 0 Å². The number of carbonyl (C=O) groups excluding carboxylic acids is 1. The third-order valence-corrected chi connectivity index (χ3v) is 3.27. The lowest BCUT2D eigenvalue weighted by molar-refractivity contribution is -0.138. The zero-order valence-electron chi connectivity index (χ0n) is 12.2. The highest BCUT2D eigenvalue weighted by atomic mass is 16.4. The van der Waals surface area contributed by atoms with Crippen molar-refractivity contribution in [3.63, 3.8) is 0 Å². The molecule has 0 aliphatic rings. The first-order valence-corrected chi connectivity index (χ1v) is 6.98. The SMILES string of the molecule is CC(CC(=O)O)CC(=O)N(C)CCCc1ccccc1. The number of carbonyl (C=O) groups is 2. The van der Waals surface area contributed by atoms with Crippen molar-refractivity contribution < 1.29 is 14.7 Å². The van der Waals surface area contributed by atoms with Gasteiger partial charge in [-0.25, -0.2) is 0 Å². The lowest BCUT2D eigenvalue weighted by Gasteiger charge is -2.19. The van der Waals surface area contributed by atoms with Gasteiger partial charge in [-0.1, -0.05) is 37.3 Å². The van der Waals surface area contributed by atoms with E-state index in [1.54, 1.807) is 18.9 Å². The number of aryl methyl sites for hydroxylation is 1. The van der Waals surface area contributed by atoms with Crippen LogP contribution >= 0.6 is 0 Å². The molecule has 1 rings (SSSR count). The molecule has 0 bridgehead atoms. The van der Waals surface area contributed by atoms with Crippen molar-refractivity contribution >= 4 is 11.9 Å². The van der Waals surface area contributed by atoms with Crippen molar-refractivity contribution in [1.29, 1.82) is 0 Å². The topological polar surface area (TPSA) is 57.6 Å². The summed E-state index contributed by atoms with van der Waals surface area (Å²) < 4.78 is 0. The lowest BCUT2D eigenvalue weighted by Crippen LogP contribution is -2.29. The third-order valence-electron chi connectivity index (χ3n) is 3.27. The van der Waals surface area contributed by atoms with Gasteiger partial charge < -0.3 is 10.0 Å². The zero-order valence-corrected chi connectivity index (χ0v) is 12.2. The van der Waals surface area contributed by atoms with Crippen LogP contribution in [0.5, 0.6) is 0 Å². The van der Waals surface area contributed by atoms with Gasteiger partial charge in [0, 0.05) is 26.4 Å². The molecule has 1 unspecified atom stereocenters. The van der Waals surface area contributed by atoms with Gasteiger partial charge in [-0.05, 0) is 24.3 Å². The summed E-state index contributed by atoms with van der Waals surface area (Å²) in [5.74, 6) is -0.944. The Labute approximate surface area is 120 Å². The average Bonchev–Trinajstić information content (AvgIpc) is 2.38. The molecule has 0 heterocycles. The van der Waals surface area contributed by atoms with E-state index in [-0.39, 0.29) is 18.2 Å². The number of hydrogen-bond acceptors (Lipinski definition) is 2. The van der Waals surface area contributed by atoms with Gasteiger partial charge in [-0.15, -0.1) is 0 Å². The highest BCUT2D eigenvalue weighted by Crippen LogP contribution is 2.10. The van der Waals surface area contributed by atoms with E-state index < -0.39 is 5.97 Å². The largest absolute Gasteiger partial charge is 0.481 e. The first-order valence-electron chi connectivity index (χ1n) is 6.98. The van der Waals surface area contributed by atoms with E-state index in [0.29, 0.717) is 13.0 Å². The van der Waals surface area contributed by atoms with E-state index >= 15 is 0 Å². The van der Waals surface area contributed by atoms with Gasteiger partial charge in [0.1, 0.15) is 0 Å². The molecule has 1 atom stereocenters. The maximum atomic E-state index is 11.9. The molecule has 110 valence electrons. The van der Waals surface area contributed by atoms with Crippen molar-refractivity contribution in [3.8, 4) is 0 Å². The molecule has 20 heavy (non-hydrogen) atoms. The fourth-order valence-corrected chi connectivity index (χ4v) is 2.11. The monoisotopic (exact) mass is 277 g/mol. The first-order chi connectivity index (χ1) is 9.49. The summed E-state index contributed by atoms with van der Waals surface area (Å²) in [5, 5.41) is 8.68. The summed E-state index contributed by atoms with van der Waals surface area (Å²) in [7, 11) is 1.78. The number of hydrogen-bond donors (Lipinski definition) is 1. The summed E-state index contributed by atoms with van der Waals surface area (Å²) in [6.45, 7) is 2.50. The first kappa shape index (κ1) is 16.2. The Bertz CT molecular complexity index is 431. The van der Waals surface area contributed by atoms with E-state index in [1.807, 2.05) is 18.2 Å². The van der Waals surface area contributed by atoms with Gasteiger partial charge in [0.25, 0.3) is 0 Å². The molecule has 0 fully saturated rings. The minimum atomic E-state index is -0.850. The molecule has 0 aliphatic carbocycles. The van der Waals surface area contributed by atoms with Gasteiger partial charge in [0.15, 0.2) is 0 Å². The predicted molar refractivity (Wildman–Crippen MR) is 78.4 cm³/mol. The Kier molecular flexibility index (Phi) is 6.77. The van der Waals surface area contributed by atoms with Gasteiger partial charge in [0.05, 0.1) is 0 Å². The number of rotatable bonds is 8. The van der Waals surface area contributed by atoms with Gasteiger partial charge in [0.2, 0.25) is 5.91 Å². The maximum Gasteiger partial charge on any atom is 0.303 e. The van der Waals surface area contributed by atoms with Gasteiger partial charge >= 0.3 is 5.97 Å². The molecule has 0 saturated carbocycles. The highest BCUT2D eigenvalue weighted by molar-refractivity contribution is 5.77. The summed E-state index contributed by atoms with van der Waals surface area (Å²) >= 11 is 0. The minimum Gasteiger partial charge on any atom is -0.481 e. The number of benzene rings is 1. The number of carboxylic acids is 1. The third kappa shape index (κ3) is 6.36. The number of amides is 1. The van der Waals surface area contributed by atoms with Crippen LogP contribution in [-0.4, -0.2) is 35.5 Å². The molecule has 1 aromatic carbocycles. The number of nitrogens with zero attached hydrogens (tertiary/aromatic N) is 1. The molecular weight excluding hydrogens is 254 g/mol. The fourth-order valence-electron chi connectivity index (χ4n) is 2.11. The number of carboxylic acid groups (broad SMARTS) is 1. The van der Waals surface area contributed by atoms with Crippen LogP contribution in [0.4, 0.5) is 0 Å². The van der Waals surface area contributed by atoms with Crippen molar-refractivity contribution in [2.24, 2.45) is 5.92 Å². The summed E-state index contributed by atoms with van der Waals surface area (Å²) in [4.78, 5) is 24.2. The Morgan fingerprint density at radius 3 is 2.45 bits per heavy atom. The number of aliphatic carboxylic acids is 1. The second kappa shape index (κ2) is 8.35. The minimum absolute atomic E-state index is 0.0202. The average molecular weight is 277 g/mol. The van der Waals surface area contributed by atoms with Crippen LogP contribution in [0.1, 0.15) is 31.7 Å². The molecule has 4 heteroatoms. The maximum absolute atomic E-state index is 11.9. The standard InChI is InChI=1S/C16H23NO3/c1-13(12-16(19)20)11-15(18)17(2)10-6-9-14-7-4-3-5-8-14/h3-5,7-8,13H,6,9-12H2,1-2H3,(H,19,20). The van der Waals surface area contributed by atoms with Crippen molar-refractivity contribution in [2.45, 2.75) is 32.6 Å². The van der Waals surface area contributed by atoms with Crippen LogP contribution in [-0.2, 0) is 16.0 Å². The molecule has 0 aliphatic heterocycles. The summed E-state index contributed by atoms with van der Waals surface area (Å²) in [6, 6.07) is 10.2. The molecular formula is C16H23NO3. The molecule has 0 radical (unpaired) electrons. The molecule has 0 saturated heterocycles. The fraction of sp³-hybridized carbons (Fsp3) is 0.500. The Hall–Kier alpha value is -1.84. The zero-order chi connectivity index (χ0) is 15.0. The summed E-state index contributed by atoms with van der Waals surface area (Å²) in [6.07, 6.45) is 2.21. The predicted octanol–water partition coefficient (Wildman–Crippen LogP) is 2.58. The van der Waals surface area contributed by atoms with Crippen LogP contribution in [0.15, 0.2) is 30.3 Å². The van der Waals surface area contributed by atoms with Crippen LogP contribution in [0, 0.1) is 5.92 Å². The molecule has 4 nitrogen and oxygen atoms in total. The van der Waals surface area contributed by atoms with E-state index in [1.165, 1.54) is 5.56 Å². The van der Waals surface area contributed by atoms with Crippen LogP contribution in [0.25, 0.3) is 0 Å². The smallest absolute Gasteiger partial charge is 0.303 e. The van der Waals surface area contributed by atoms with Crippen LogP contribution < -0.4 is 0 Å². The molecule has 0 aromatic heterocycles. The Morgan fingerprint density at radius 2 is 1.85 bits per heavy atom. The second-order valence-electron chi connectivity index (χ2n) is 5.31. The van der Waals surface area contributed by atoms with E-state index in [9.17, 15) is 9.59 Å². The normalized spacial score (nSPS) is 11.9. The molecule has 0 spiro atoms. The van der Waals surface area contributed by atoms with Gasteiger partial charge in [-0.3, -0.25) is 9.59 Å². The molecule has 1 aromatic rings. The lowest BCUT2D eigenvalue weighted by atomic mass is 10.0.